The molecule has 1 heterocycles. The number of hydrogen-bond acceptors (Lipinski definition) is 4. The number of benzene rings is 2. The Hall–Kier alpha value is -3.02. The van der Waals surface area contributed by atoms with Crippen LogP contribution in [0.2, 0.25) is 0 Å². The first-order chi connectivity index (χ1) is 13.6. The molecule has 1 saturated heterocycles. The Balaban J connectivity index is 1.86. The Kier molecular flexibility index (Phi) is 6.53. The topological polar surface area (TPSA) is 59.1 Å². The fourth-order valence-electron chi connectivity index (χ4n) is 3.35. The second-order valence-electron chi connectivity index (χ2n) is 6.81. The Morgan fingerprint density at radius 2 is 1.71 bits per heavy atom. The predicted octanol–water partition coefficient (Wildman–Crippen LogP) is 4.09. The van der Waals surface area contributed by atoms with Gasteiger partial charge in [-0.1, -0.05) is 18.2 Å². The molecule has 0 atom stereocenters. The molecule has 0 spiro atoms. The summed E-state index contributed by atoms with van der Waals surface area (Å²) < 4.78 is 10.1. The first-order valence-electron chi connectivity index (χ1n) is 9.50. The van der Waals surface area contributed by atoms with Gasteiger partial charge in [-0.05, 0) is 49.1 Å². The third kappa shape index (κ3) is 4.63. The number of urea groups is 1. The summed E-state index contributed by atoms with van der Waals surface area (Å²) in [6.07, 6.45) is 3.23. The maximum atomic E-state index is 13.3. The van der Waals surface area contributed by atoms with Crippen LogP contribution in [0.15, 0.2) is 48.5 Å². The van der Waals surface area contributed by atoms with Crippen LogP contribution in [0, 0.1) is 0 Å². The number of carbonyl (C=O) groups is 2. The van der Waals surface area contributed by atoms with Crippen LogP contribution in [0.1, 0.15) is 35.2 Å². The SMILES string of the molecule is COC(=O)c1ccc(CN(C(=O)N2CCCCC2)c2cccc(OC)c2)cc1. The number of nitrogens with zero attached hydrogens (tertiary/aromatic N) is 2. The minimum atomic E-state index is -0.374. The van der Waals surface area contributed by atoms with Gasteiger partial charge in [0.1, 0.15) is 5.75 Å². The fourth-order valence-corrected chi connectivity index (χ4v) is 3.35. The highest BCUT2D eigenvalue weighted by atomic mass is 16.5. The maximum absolute atomic E-state index is 13.3. The molecule has 0 aromatic heterocycles. The molecule has 0 radical (unpaired) electrons. The number of amides is 2. The standard InChI is InChI=1S/C22H26N2O4/c1-27-20-8-6-7-19(15-20)24(22(26)23-13-4-3-5-14-23)16-17-9-11-18(12-10-17)21(25)28-2/h6-12,15H,3-5,13-14,16H2,1-2H3. The number of carbonyl (C=O) groups excluding carboxylic acids is 2. The summed E-state index contributed by atoms with van der Waals surface area (Å²) in [5, 5.41) is 0. The van der Waals surface area contributed by atoms with E-state index in [0.29, 0.717) is 17.9 Å². The van der Waals surface area contributed by atoms with E-state index in [1.54, 1.807) is 24.1 Å². The number of piperidine rings is 1. The van der Waals surface area contributed by atoms with Gasteiger partial charge < -0.3 is 14.4 Å². The van der Waals surface area contributed by atoms with Crippen molar-refractivity contribution >= 4 is 17.7 Å². The minimum Gasteiger partial charge on any atom is -0.497 e. The van der Waals surface area contributed by atoms with Crippen LogP contribution in [0.25, 0.3) is 0 Å². The molecule has 2 amide bonds. The van der Waals surface area contributed by atoms with Gasteiger partial charge in [-0.2, -0.15) is 0 Å². The Morgan fingerprint density at radius 1 is 1.00 bits per heavy atom. The van der Waals surface area contributed by atoms with Crippen molar-refractivity contribution in [3.05, 3.63) is 59.7 Å². The summed E-state index contributed by atoms with van der Waals surface area (Å²) in [5.74, 6) is 0.329. The first kappa shape index (κ1) is 19.7. The van der Waals surface area contributed by atoms with Crippen LogP contribution in [0.5, 0.6) is 5.75 Å². The summed E-state index contributed by atoms with van der Waals surface area (Å²) in [4.78, 5) is 28.6. The highest BCUT2D eigenvalue weighted by molar-refractivity contribution is 5.92. The maximum Gasteiger partial charge on any atom is 0.337 e. The van der Waals surface area contributed by atoms with Gasteiger partial charge in [0.25, 0.3) is 0 Å². The van der Waals surface area contributed by atoms with E-state index in [4.69, 9.17) is 9.47 Å². The van der Waals surface area contributed by atoms with Crippen molar-refractivity contribution in [1.29, 1.82) is 0 Å². The van der Waals surface area contributed by atoms with Crippen molar-refractivity contribution in [2.45, 2.75) is 25.8 Å². The third-order valence-electron chi connectivity index (χ3n) is 4.94. The molecule has 3 rings (SSSR count). The van der Waals surface area contributed by atoms with Crippen molar-refractivity contribution in [3.8, 4) is 5.75 Å². The van der Waals surface area contributed by atoms with Gasteiger partial charge in [-0.25, -0.2) is 9.59 Å². The Labute approximate surface area is 165 Å². The fraction of sp³-hybridized carbons (Fsp3) is 0.364. The van der Waals surface area contributed by atoms with E-state index in [-0.39, 0.29) is 12.0 Å². The summed E-state index contributed by atoms with van der Waals surface area (Å²) in [6.45, 7) is 1.96. The molecule has 28 heavy (non-hydrogen) atoms. The molecule has 0 unspecified atom stereocenters. The predicted molar refractivity (Wildman–Crippen MR) is 108 cm³/mol. The van der Waals surface area contributed by atoms with Crippen LogP contribution < -0.4 is 9.64 Å². The average molecular weight is 382 g/mol. The summed E-state index contributed by atoms with van der Waals surface area (Å²) in [7, 11) is 2.97. The van der Waals surface area contributed by atoms with Gasteiger partial charge in [-0.15, -0.1) is 0 Å². The number of likely N-dealkylation sites (tertiary alicyclic amines) is 1. The van der Waals surface area contributed by atoms with Gasteiger partial charge >= 0.3 is 12.0 Å². The normalized spacial score (nSPS) is 13.7. The van der Waals surface area contributed by atoms with Gasteiger partial charge in [0, 0.05) is 24.8 Å². The summed E-state index contributed by atoms with van der Waals surface area (Å²) in [5.41, 5.74) is 2.20. The molecule has 1 aliphatic heterocycles. The molecule has 0 N–H and O–H groups in total. The monoisotopic (exact) mass is 382 g/mol. The van der Waals surface area contributed by atoms with Crippen LogP contribution in [-0.4, -0.2) is 44.2 Å². The van der Waals surface area contributed by atoms with Gasteiger partial charge in [0.15, 0.2) is 0 Å². The number of rotatable bonds is 5. The van der Waals surface area contributed by atoms with Crippen molar-refractivity contribution in [2.75, 3.05) is 32.2 Å². The molecule has 148 valence electrons. The van der Waals surface area contributed by atoms with Crippen LogP contribution in [0.4, 0.5) is 10.5 Å². The number of esters is 1. The lowest BCUT2D eigenvalue weighted by Crippen LogP contribution is -2.45. The molecule has 6 heteroatoms. The van der Waals surface area contributed by atoms with E-state index in [0.717, 1.165) is 43.6 Å². The van der Waals surface area contributed by atoms with E-state index in [9.17, 15) is 9.59 Å². The molecule has 0 aliphatic carbocycles. The largest absolute Gasteiger partial charge is 0.497 e. The van der Waals surface area contributed by atoms with Crippen LogP contribution >= 0.6 is 0 Å². The molecular weight excluding hydrogens is 356 g/mol. The molecule has 6 nitrogen and oxygen atoms in total. The quantitative estimate of drug-likeness (QED) is 0.731. The first-order valence-corrected chi connectivity index (χ1v) is 9.50. The van der Waals surface area contributed by atoms with Gasteiger partial charge in [-0.3, -0.25) is 4.90 Å². The number of anilines is 1. The lowest BCUT2D eigenvalue weighted by molar-refractivity contribution is 0.0600. The summed E-state index contributed by atoms with van der Waals surface area (Å²) in [6, 6.07) is 14.6. The highest BCUT2D eigenvalue weighted by Crippen LogP contribution is 2.25. The van der Waals surface area contributed by atoms with E-state index in [1.807, 2.05) is 41.3 Å². The van der Waals surface area contributed by atoms with E-state index >= 15 is 0 Å². The Bertz CT molecular complexity index is 814. The molecule has 1 fully saturated rings. The molecule has 1 aliphatic rings. The van der Waals surface area contributed by atoms with Crippen LogP contribution in [0.3, 0.4) is 0 Å². The van der Waals surface area contributed by atoms with E-state index in [2.05, 4.69) is 0 Å². The van der Waals surface area contributed by atoms with Crippen molar-refractivity contribution in [3.63, 3.8) is 0 Å². The van der Waals surface area contributed by atoms with Crippen molar-refractivity contribution in [1.82, 2.24) is 4.90 Å². The van der Waals surface area contributed by atoms with Crippen LogP contribution in [-0.2, 0) is 11.3 Å². The third-order valence-corrected chi connectivity index (χ3v) is 4.94. The molecule has 2 aromatic rings. The lowest BCUT2D eigenvalue weighted by Gasteiger charge is -2.33. The smallest absolute Gasteiger partial charge is 0.337 e. The van der Waals surface area contributed by atoms with E-state index < -0.39 is 0 Å². The van der Waals surface area contributed by atoms with Gasteiger partial charge in [0.2, 0.25) is 0 Å². The van der Waals surface area contributed by atoms with E-state index in [1.165, 1.54) is 7.11 Å². The molecule has 0 saturated carbocycles. The van der Waals surface area contributed by atoms with Crippen molar-refractivity contribution in [2.24, 2.45) is 0 Å². The minimum absolute atomic E-state index is 0.00926. The number of hydrogen-bond donors (Lipinski definition) is 0. The zero-order chi connectivity index (χ0) is 19.9. The average Bonchev–Trinajstić information content (AvgIpc) is 2.77. The second-order valence-corrected chi connectivity index (χ2v) is 6.81. The van der Waals surface area contributed by atoms with Gasteiger partial charge in [0.05, 0.1) is 26.3 Å². The molecule has 2 aromatic carbocycles. The lowest BCUT2D eigenvalue weighted by atomic mass is 10.1. The molecular formula is C22H26N2O4. The zero-order valence-corrected chi connectivity index (χ0v) is 16.4. The zero-order valence-electron chi connectivity index (χ0n) is 16.4. The Morgan fingerprint density at radius 3 is 2.36 bits per heavy atom. The number of ether oxygens (including phenoxy) is 2. The highest BCUT2D eigenvalue weighted by Gasteiger charge is 2.24. The molecule has 0 bridgehead atoms. The summed E-state index contributed by atoms with van der Waals surface area (Å²) >= 11 is 0. The van der Waals surface area contributed by atoms with Crippen molar-refractivity contribution < 1.29 is 19.1 Å². The second kappa shape index (κ2) is 9.26. The number of methoxy groups -OCH3 is 2.